The van der Waals surface area contributed by atoms with Gasteiger partial charge in [-0.1, -0.05) is 24.3 Å². The molecule has 0 unspecified atom stereocenters. The molecule has 0 aliphatic carbocycles. The van der Waals surface area contributed by atoms with Gasteiger partial charge in [0.25, 0.3) is 0 Å². The zero-order valence-corrected chi connectivity index (χ0v) is 11.2. The molecule has 1 aromatic rings. The Labute approximate surface area is 116 Å². The van der Waals surface area contributed by atoms with Gasteiger partial charge >= 0.3 is 5.97 Å². The van der Waals surface area contributed by atoms with E-state index < -0.39 is 5.97 Å². The molecule has 2 rings (SSSR count). The molecule has 0 saturated carbocycles. The number of amides is 2. The molecule has 20 heavy (non-hydrogen) atoms. The standard InChI is InChI=1S/C14H16N2O4/c1-15-8-13(18)16(9-12(15)17)7-11-4-2-10(3-5-11)6-14(19)20/h2-5H,6-9H2,1H3,(H,19,20). The number of piperazine rings is 1. The lowest BCUT2D eigenvalue weighted by Crippen LogP contribution is -2.51. The van der Waals surface area contributed by atoms with E-state index in [0.717, 1.165) is 5.56 Å². The molecule has 1 saturated heterocycles. The molecular formula is C14H16N2O4. The third kappa shape index (κ3) is 3.34. The minimum atomic E-state index is -0.877. The second-order valence-corrected chi connectivity index (χ2v) is 4.89. The number of hydrogen-bond donors (Lipinski definition) is 1. The Balaban J connectivity index is 2.01. The van der Waals surface area contributed by atoms with Crippen molar-refractivity contribution < 1.29 is 19.5 Å². The number of aliphatic carboxylic acids is 1. The molecule has 2 amide bonds. The summed E-state index contributed by atoms with van der Waals surface area (Å²) in [4.78, 5) is 36.9. The van der Waals surface area contributed by atoms with E-state index in [2.05, 4.69) is 0 Å². The van der Waals surface area contributed by atoms with Gasteiger partial charge in [0.05, 0.1) is 13.0 Å². The van der Waals surface area contributed by atoms with E-state index in [1.54, 1.807) is 31.3 Å². The predicted octanol–water partition coefficient (Wildman–Crippen LogP) is 0.114. The van der Waals surface area contributed by atoms with Crippen LogP contribution in [0, 0.1) is 0 Å². The Bertz CT molecular complexity index is 539. The Morgan fingerprint density at radius 3 is 2.30 bits per heavy atom. The van der Waals surface area contributed by atoms with Crippen molar-refractivity contribution in [2.75, 3.05) is 20.1 Å². The molecule has 0 radical (unpaired) electrons. The van der Waals surface area contributed by atoms with Gasteiger partial charge in [0.15, 0.2) is 0 Å². The van der Waals surface area contributed by atoms with Crippen molar-refractivity contribution in [1.82, 2.24) is 9.80 Å². The van der Waals surface area contributed by atoms with Gasteiger partial charge in [0, 0.05) is 13.6 Å². The van der Waals surface area contributed by atoms with Gasteiger partial charge in [0.2, 0.25) is 11.8 Å². The van der Waals surface area contributed by atoms with E-state index in [4.69, 9.17) is 5.11 Å². The van der Waals surface area contributed by atoms with E-state index in [1.165, 1.54) is 9.80 Å². The first kappa shape index (κ1) is 14.0. The van der Waals surface area contributed by atoms with Crippen LogP contribution in [0.4, 0.5) is 0 Å². The highest BCUT2D eigenvalue weighted by Gasteiger charge is 2.27. The molecule has 1 aromatic carbocycles. The Morgan fingerprint density at radius 2 is 1.70 bits per heavy atom. The monoisotopic (exact) mass is 276 g/mol. The average molecular weight is 276 g/mol. The lowest BCUT2D eigenvalue weighted by atomic mass is 10.1. The van der Waals surface area contributed by atoms with Crippen LogP contribution in [0.3, 0.4) is 0 Å². The van der Waals surface area contributed by atoms with E-state index in [1.807, 2.05) is 0 Å². The summed E-state index contributed by atoms with van der Waals surface area (Å²) in [7, 11) is 1.61. The van der Waals surface area contributed by atoms with Crippen LogP contribution in [0.1, 0.15) is 11.1 Å². The molecule has 1 fully saturated rings. The van der Waals surface area contributed by atoms with Crippen molar-refractivity contribution in [2.24, 2.45) is 0 Å². The summed E-state index contributed by atoms with van der Waals surface area (Å²) in [5, 5.41) is 8.69. The lowest BCUT2D eigenvalue weighted by Gasteiger charge is -2.31. The van der Waals surface area contributed by atoms with E-state index in [-0.39, 0.29) is 31.3 Å². The molecule has 0 spiro atoms. The van der Waals surface area contributed by atoms with Gasteiger partial charge in [0.1, 0.15) is 6.54 Å². The Hall–Kier alpha value is -2.37. The zero-order chi connectivity index (χ0) is 14.7. The van der Waals surface area contributed by atoms with Gasteiger partial charge in [-0.05, 0) is 11.1 Å². The smallest absolute Gasteiger partial charge is 0.307 e. The molecule has 1 aliphatic rings. The number of rotatable bonds is 4. The lowest BCUT2D eigenvalue weighted by molar-refractivity contribution is -0.149. The summed E-state index contributed by atoms with van der Waals surface area (Å²) in [6, 6.07) is 7.03. The van der Waals surface area contributed by atoms with Crippen LogP contribution in [-0.4, -0.2) is 52.8 Å². The first-order chi connectivity index (χ1) is 9.45. The summed E-state index contributed by atoms with van der Waals surface area (Å²) in [5.41, 5.74) is 1.59. The highest BCUT2D eigenvalue weighted by atomic mass is 16.4. The van der Waals surface area contributed by atoms with E-state index >= 15 is 0 Å². The summed E-state index contributed by atoms with van der Waals surface area (Å²) in [6.07, 6.45) is -0.0216. The van der Waals surface area contributed by atoms with Crippen molar-refractivity contribution in [3.63, 3.8) is 0 Å². The largest absolute Gasteiger partial charge is 0.481 e. The molecular weight excluding hydrogens is 260 g/mol. The van der Waals surface area contributed by atoms with Crippen LogP contribution < -0.4 is 0 Å². The van der Waals surface area contributed by atoms with Crippen molar-refractivity contribution >= 4 is 17.8 Å². The second kappa shape index (κ2) is 5.73. The van der Waals surface area contributed by atoms with Gasteiger partial charge in [-0.25, -0.2) is 0 Å². The number of carbonyl (C=O) groups excluding carboxylic acids is 2. The molecule has 6 heteroatoms. The summed E-state index contributed by atoms with van der Waals surface area (Å²) in [6.45, 7) is 0.563. The van der Waals surface area contributed by atoms with Crippen molar-refractivity contribution in [2.45, 2.75) is 13.0 Å². The number of carbonyl (C=O) groups is 3. The number of carboxylic acid groups (broad SMARTS) is 1. The van der Waals surface area contributed by atoms with Crippen LogP contribution in [0.2, 0.25) is 0 Å². The Kier molecular flexibility index (Phi) is 4.02. The van der Waals surface area contributed by atoms with E-state index in [0.29, 0.717) is 12.1 Å². The fraction of sp³-hybridized carbons (Fsp3) is 0.357. The maximum absolute atomic E-state index is 11.8. The molecule has 0 bridgehead atoms. The van der Waals surface area contributed by atoms with Gasteiger partial charge < -0.3 is 14.9 Å². The van der Waals surface area contributed by atoms with Crippen molar-refractivity contribution in [3.05, 3.63) is 35.4 Å². The average Bonchev–Trinajstić information content (AvgIpc) is 2.37. The highest BCUT2D eigenvalue weighted by Crippen LogP contribution is 2.11. The third-order valence-corrected chi connectivity index (χ3v) is 3.23. The molecule has 0 aromatic heterocycles. The second-order valence-electron chi connectivity index (χ2n) is 4.89. The van der Waals surface area contributed by atoms with Crippen LogP contribution in [0.5, 0.6) is 0 Å². The van der Waals surface area contributed by atoms with E-state index in [9.17, 15) is 14.4 Å². The molecule has 1 N–H and O–H groups in total. The SMILES string of the molecule is CN1CC(=O)N(Cc2ccc(CC(=O)O)cc2)CC1=O. The fourth-order valence-electron chi connectivity index (χ4n) is 2.06. The van der Waals surface area contributed by atoms with Crippen molar-refractivity contribution in [3.8, 4) is 0 Å². The molecule has 106 valence electrons. The summed E-state index contributed by atoms with van der Waals surface area (Å²) in [5.74, 6) is -1.04. The molecule has 6 nitrogen and oxygen atoms in total. The molecule has 1 heterocycles. The maximum atomic E-state index is 11.8. The minimum Gasteiger partial charge on any atom is -0.481 e. The number of hydrogen-bond acceptors (Lipinski definition) is 3. The number of likely N-dealkylation sites (N-methyl/N-ethyl adjacent to an activating group) is 1. The highest BCUT2D eigenvalue weighted by molar-refractivity contribution is 5.92. The van der Waals surface area contributed by atoms with Crippen LogP contribution in [0.15, 0.2) is 24.3 Å². The Morgan fingerprint density at radius 1 is 1.10 bits per heavy atom. The molecule has 0 atom stereocenters. The van der Waals surface area contributed by atoms with Crippen LogP contribution in [0.25, 0.3) is 0 Å². The normalized spacial score (nSPS) is 15.7. The number of carboxylic acids is 1. The van der Waals surface area contributed by atoms with Crippen molar-refractivity contribution in [1.29, 1.82) is 0 Å². The predicted molar refractivity (Wildman–Crippen MR) is 70.8 cm³/mol. The summed E-state index contributed by atoms with van der Waals surface area (Å²) >= 11 is 0. The van der Waals surface area contributed by atoms with Gasteiger partial charge in [-0.3, -0.25) is 14.4 Å². The fourth-order valence-corrected chi connectivity index (χ4v) is 2.06. The minimum absolute atomic E-state index is 0.0216. The zero-order valence-electron chi connectivity index (χ0n) is 11.2. The molecule has 1 aliphatic heterocycles. The number of benzene rings is 1. The maximum Gasteiger partial charge on any atom is 0.307 e. The summed E-state index contributed by atoms with van der Waals surface area (Å²) < 4.78 is 0. The van der Waals surface area contributed by atoms with Gasteiger partial charge in [-0.15, -0.1) is 0 Å². The first-order valence-corrected chi connectivity index (χ1v) is 6.27. The number of nitrogens with zero attached hydrogens (tertiary/aromatic N) is 2. The van der Waals surface area contributed by atoms with Crippen LogP contribution in [-0.2, 0) is 27.3 Å². The quantitative estimate of drug-likeness (QED) is 0.847. The van der Waals surface area contributed by atoms with Gasteiger partial charge in [-0.2, -0.15) is 0 Å². The van der Waals surface area contributed by atoms with Crippen LogP contribution >= 0.6 is 0 Å². The first-order valence-electron chi connectivity index (χ1n) is 6.27. The topological polar surface area (TPSA) is 77.9 Å². The third-order valence-electron chi connectivity index (χ3n) is 3.23.